The van der Waals surface area contributed by atoms with Crippen LogP contribution in [-0.2, 0) is 6.42 Å². The number of benzene rings is 1. The number of aromatic nitrogens is 4. The lowest BCUT2D eigenvalue weighted by molar-refractivity contribution is 0.979. The number of nitrogens with two attached hydrogens (primary N) is 1. The molecule has 19 heavy (non-hydrogen) atoms. The van der Waals surface area contributed by atoms with Crippen LogP contribution in [0.4, 0.5) is 5.69 Å². The van der Waals surface area contributed by atoms with E-state index in [1.165, 1.54) is 0 Å². The van der Waals surface area contributed by atoms with Gasteiger partial charge in [0.1, 0.15) is 6.33 Å². The third-order valence-corrected chi connectivity index (χ3v) is 3.27. The van der Waals surface area contributed by atoms with E-state index >= 15 is 0 Å². The van der Waals surface area contributed by atoms with E-state index < -0.39 is 0 Å². The van der Waals surface area contributed by atoms with E-state index in [2.05, 4.69) is 22.1 Å². The Morgan fingerprint density at radius 2 is 2.11 bits per heavy atom. The molecular formula is C14H15N5. The number of rotatable bonds is 2. The molecule has 0 saturated carbocycles. The third-order valence-electron chi connectivity index (χ3n) is 3.27. The first-order chi connectivity index (χ1) is 9.20. The molecule has 0 amide bonds. The predicted octanol–water partition coefficient (Wildman–Crippen LogP) is 2.24. The Morgan fingerprint density at radius 1 is 1.26 bits per heavy atom. The smallest absolute Gasteiger partial charge is 0.169 e. The molecular weight excluding hydrogens is 238 g/mol. The average Bonchev–Trinajstić information content (AvgIpc) is 2.82. The van der Waals surface area contributed by atoms with Gasteiger partial charge in [0.25, 0.3) is 0 Å². The lowest BCUT2D eigenvalue weighted by atomic mass is 10.1. The number of hydrogen-bond acceptors (Lipinski definition) is 4. The number of aryl methyl sites for hydroxylation is 2. The van der Waals surface area contributed by atoms with E-state index in [4.69, 9.17) is 5.73 Å². The molecule has 5 nitrogen and oxygen atoms in total. The molecule has 5 heteroatoms. The molecule has 0 aliphatic heterocycles. The standard InChI is InChI=1S/C14H15N5/c1-3-12-9(2)16-8-19-13(17-18-14(12)19)10-5-4-6-11(15)7-10/h4-8H,3,15H2,1-2H3. The fourth-order valence-corrected chi connectivity index (χ4v) is 2.28. The van der Waals surface area contributed by atoms with Crippen molar-refractivity contribution < 1.29 is 0 Å². The van der Waals surface area contributed by atoms with Crippen molar-refractivity contribution in [2.45, 2.75) is 20.3 Å². The number of nitrogen functional groups attached to an aromatic ring is 1. The van der Waals surface area contributed by atoms with Crippen LogP contribution in [0.1, 0.15) is 18.2 Å². The highest BCUT2D eigenvalue weighted by Crippen LogP contribution is 2.22. The molecule has 3 aromatic rings. The Bertz CT molecular complexity index is 745. The summed E-state index contributed by atoms with van der Waals surface area (Å²) in [5.74, 6) is 0.768. The molecule has 0 aliphatic rings. The Morgan fingerprint density at radius 3 is 2.84 bits per heavy atom. The number of fused-ring (bicyclic) bond motifs is 1. The molecule has 0 bridgehead atoms. The molecule has 2 N–H and O–H groups in total. The largest absolute Gasteiger partial charge is 0.399 e. The summed E-state index contributed by atoms with van der Waals surface area (Å²) in [4.78, 5) is 4.41. The third kappa shape index (κ3) is 1.83. The lowest BCUT2D eigenvalue weighted by Crippen LogP contribution is -1.99. The monoisotopic (exact) mass is 253 g/mol. The maximum Gasteiger partial charge on any atom is 0.169 e. The van der Waals surface area contributed by atoms with Crippen molar-refractivity contribution in [3.05, 3.63) is 41.9 Å². The Balaban J connectivity index is 2.27. The van der Waals surface area contributed by atoms with Gasteiger partial charge in [-0.2, -0.15) is 0 Å². The molecule has 2 heterocycles. The van der Waals surface area contributed by atoms with Crippen molar-refractivity contribution in [3.8, 4) is 11.4 Å². The minimum atomic E-state index is 0.713. The minimum absolute atomic E-state index is 0.713. The second-order valence-corrected chi connectivity index (χ2v) is 4.50. The minimum Gasteiger partial charge on any atom is -0.399 e. The van der Waals surface area contributed by atoms with Crippen molar-refractivity contribution in [2.24, 2.45) is 0 Å². The predicted molar refractivity (Wildman–Crippen MR) is 74.7 cm³/mol. The summed E-state index contributed by atoms with van der Waals surface area (Å²) in [6.07, 6.45) is 2.65. The van der Waals surface area contributed by atoms with E-state index in [1.54, 1.807) is 6.33 Å². The zero-order valence-electron chi connectivity index (χ0n) is 11.0. The SMILES string of the molecule is CCc1c(C)ncn2c(-c3cccc(N)c3)nnc12. The van der Waals surface area contributed by atoms with Crippen LogP contribution in [0.5, 0.6) is 0 Å². The summed E-state index contributed by atoms with van der Waals surface area (Å²) in [6, 6.07) is 7.63. The van der Waals surface area contributed by atoms with Crippen LogP contribution in [0.25, 0.3) is 17.0 Å². The zero-order chi connectivity index (χ0) is 13.4. The molecule has 0 spiro atoms. The van der Waals surface area contributed by atoms with E-state index in [0.717, 1.165) is 34.7 Å². The normalized spacial score (nSPS) is 11.1. The molecule has 0 radical (unpaired) electrons. The van der Waals surface area contributed by atoms with Crippen LogP contribution in [0.2, 0.25) is 0 Å². The van der Waals surface area contributed by atoms with Crippen molar-refractivity contribution in [2.75, 3.05) is 5.73 Å². The molecule has 0 unspecified atom stereocenters. The maximum atomic E-state index is 5.82. The highest BCUT2D eigenvalue weighted by Gasteiger charge is 2.12. The summed E-state index contributed by atoms with van der Waals surface area (Å²) in [5.41, 5.74) is 10.5. The van der Waals surface area contributed by atoms with Gasteiger partial charge in [0.2, 0.25) is 0 Å². The first-order valence-corrected chi connectivity index (χ1v) is 6.26. The van der Waals surface area contributed by atoms with Gasteiger partial charge in [-0.3, -0.25) is 4.40 Å². The highest BCUT2D eigenvalue weighted by molar-refractivity contribution is 5.65. The molecule has 0 saturated heterocycles. The second kappa shape index (κ2) is 4.35. The summed E-state index contributed by atoms with van der Waals surface area (Å²) >= 11 is 0. The quantitative estimate of drug-likeness (QED) is 0.711. The van der Waals surface area contributed by atoms with Crippen molar-refractivity contribution in [1.29, 1.82) is 0 Å². The summed E-state index contributed by atoms with van der Waals surface area (Å²) in [7, 11) is 0. The van der Waals surface area contributed by atoms with Crippen LogP contribution in [0.3, 0.4) is 0 Å². The Hall–Kier alpha value is -2.43. The molecule has 0 fully saturated rings. The van der Waals surface area contributed by atoms with Gasteiger partial charge < -0.3 is 5.73 Å². The molecule has 2 aromatic heterocycles. The first-order valence-electron chi connectivity index (χ1n) is 6.26. The van der Waals surface area contributed by atoms with Gasteiger partial charge in [-0.1, -0.05) is 19.1 Å². The van der Waals surface area contributed by atoms with Crippen molar-refractivity contribution >= 4 is 11.3 Å². The highest BCUT2D eigenvalue weighted by atomic mass is 15.3. The average molecular weight is 253 g/mol. The number of nitrogens with zero attached hydrogens (tertiary/aromatic N) is 4. The van der Waals surface area contributed by atoms with Crippen LogP contribution in [0, 0.1) is 6.92 Å². The topological polar surface area (TPSA) is 69.1 Å². The fourth-order valence-electron chi connectivity index (χ4n) is 2.28. The zero-order valence-corrected chi connectivity index (χ0v) is 11.0. The van der Waals surface area contributed by atoms with Gasteiger partial charge in [0.15, 0.2) is 11.5 Å². The van der Waals surface area contributed by atoms with Gasteiger partial charge in [0, 0.05) is 22.5 Å². The summed E-state index contributed by atoms with van der Waals surface area (Å²) < 4.78 is 1.92. The first kappa shape index (κ1) is 11.6. The van der Waals surface area contributed by atoms with Gasteiger partial charge >= 0.3 is 0 Å². The van der Waals surface area contributed by atoms with Crippen molar-refractivity contribution in [3.63, 3.8) is 0 Å². The van der Waals surface area contributed by atoms with E-state index in [9.17, 15) is 0 Å². The number of hydrogen-bond donors (Lipinski definition) is 1. The van der Waals surface area contributed by atoms with Crippen LogP contribution >= 0.6 is 0 Å². The molecule has 3 rings (SSSR count). The van der Waals surface area contributed by atoms with E-state index in [1.807, 2.05) is 35.6 Å². The van der Waals surface area contributed by atoms with Gasteiger partial charge in [0.05, 0.1) is 0 Å². The maximum absolute atomic E-state index is 5.82. The van der Waals surface area contributed by atoms with Crippen molar-refractivity contribution in [1.82, 2.24) is 19.6 Å². The molecule has 0 atom stereocenters. The number of anilines is 1. The summed E-state index contributed by atoms with van der Waals surface area (Å²) in [5, 5.41) is 8.56. The molecule has 0 aliphatic carbocycles. The Labute approximate surface area is 111 Å². The van der Waals surface area contributed by atoms with Gasteiger partial charge in [-0.15, -0.1) is 10.2 Å². The van der Waals surface area contributed by atoms with E-state index in [0.29, 0.717) is 5.69 Å². The lowest BCUT2D eigenvalue weighted by Gasteiger charge is -2.05. The van der Waals surface area contributed by atoms with Crippen LogP contribution < -0.4 is 5.73 Å². The summed E-state index contributed by atoms with van der Waals surface area (Å²) in [6.45, 7) is 4.09. The Kier molecular flexibility index (Phi) is 2.67. The van der Waals surface area contributed by atoms with Gasteiger partial charge in [-0.25, -0.2) is 4.98 Å². The van der Waals surface area contributed by atoms with Gasteiger partial charge in [-0.05, 0) is 25.5 Å². The molecule has 96 valence electrons. The fraction of sp³-hybridized carbons (Fsp3) is 0.214. The van der Waals surface area contributed by atoms with Crippen LogP contribution in [-0.4, -0.2) is 19.6 Å². The molecule has 1 aromatic carbocycles. The second-order valence-electron chi connectivity index (χ2n) is 4.50. The van der Waals surface area contributed by atoms with Crippen LogP contribution in [0.15, 0.2) is 30.6 Å². The van der Waals surface area contributed by atoms with E-state index in [-0.39, 0.29) is 0 Å².